The zero-order chi connectivity index (χ0) is 16.4. The first-order chi connectivity index (χ1) is 11.0. The van der Waals surface area contributed by atoms with Crippen LogP contribution in [-0.4, -0.2) is 76.1 Å². The molecule has 1 aromatic heterocycles. The Kier molecular flexibility index (Phi) is 4.66. The summed E-state index contributed by atoms with van der Waals surface area (Å²) in [6, 6.07) is 0. The maximum Gasteiger partial charge on any atom is 0.228 e. The molecular weight excluding hydrogens is 294 g/mol. The van der Waals surface area contributed by atoms with Crippen molar-refractivity contribution in [2.75, 3.05) is 39.8 Å². The monoisotopic (exact) mass is 319 g/mol. The van der Waals surface area contributed by atoms with Crippen LogP contribution < -0.4 is 0 Å². The lowest BCUT2D eigenvalue weighted by atomic mass is 10.1. The minimum atomic E-state index is -0.155. The molecule has 0 N–H and O–H groups in total. The minimum Gasteiger partial charge on any atom is -0.345 e. The lowest BCUT2D eigenvalue weighted by molar-refractivity contribution is -0.135. The van der Waals surface area contributed by atoms with Crippen molar-refractivity contribution >= 4 is 11.8 Å². The molecule has 0 radical (unpaired) electrons. The Hall–Kier alpha value is -1.89. The van der Waals surface area contributed by atoms with Gasteiger partial charge in [-0.2, -0.15) is 5.10 Å². The van der Waals surface area contributed by atoms with Crippen molar-refractivity contribution in [2.45, 2.75) is 19.4 Å². The summed E-state index contributed by atoms with van der Waals surface area (Å²) in [6.07, 6.45) is 5.27. The van der Waals surface area contributed by atoms with E-state index in [1.54, 1.807) is 11.9 Å². The number of rotatable bonds is 3. The number of carbonyl (C=O) groups excluding carboxylic acids is 2. The molecule has 2 amide bonds. The summed E-state index contributed by atoms with van der Waals surface area (Å²) in [6.45, 7) is 4.83. The summed E-state index contributed by atoms with van der Waals surface area (Å²) in [5, 5.41) is 4.20. The second kappa shape index (κ2) is 6.70. The van der Waals surface area contributed by atoms with Gasteiger partial charge in [-0.3, -0.25) is 19.2 Å². The summed E-state index contributed by atoms with van der Waals surface area (Å²) in [7, 11) is 3.69. The standard InChI is InChI=1S/C16H25N5O2/c1-18-12-14(8-15(18)22)16(23)21-5-3-4-20(6-7-21)11-13-9-17-19(2)10-13/h9-10,14H,3-8,11-12H2,1-2H3. The summed E-state index contributed by atoms with van der Waals surface area (Å²) in [5.74, 6) is 0.0691. The molecular formula is C16H25N5O2. The van der Waals surface area contributed by atoms with Crippen molar-refractivity contribution in [3.63, 3.8) is 0 Å². The van der Waals surface area contributed by atoms with Crippen molar-refractivity contribution in [1.82, 2.24) is 24.5 Å². The van der Waals surface area contributed by atoms with Crippen LogP contribution in [-0.2, 0) is 23.2 Å². The number of hydrogen-bond donors (Lipinski definition) is 0. The quantitative estimate of drug-likeness (QED) is 0.783. The molecule has 2 aliphatic heterocycles. The van der Waals surface area contributed by atoms with Crippen LogP contribution in [0.4, 0.5) is 0 Å². The Morgan fingerprint density at radius 3 is 2.74 bits per heavy atom. The van der Waals surface area contributed by atoms with Crippen LogP contribution in [0.1, 0.15) is 18.4 Å². The molecule has 7 nitrogen and oxygen atoms in total. The van der Waals surface area contributed by atoms with Gasteiger partial charge in [-0.15, -0.1) is 0 Å². The number of hydrogen-bond acceptors (Lipinski definition) is 4. The summed E-state index contributed by atoms with van der Waals surface area (Å²) >= 11 is 0. The normalized spacial score (nSPS) is 23.4. The number of aryl methyl sites for hydroxylation is 1. The highest BCUT2D eigenvalue weighted by Gasteiger charge is 2.35. The van der Waals surface area contributed by atoms with Crippen LogP contribution in [0.3, 0.4) is 0 Å². The van der Waals surface area contributed by atoms with Crippen molar-refractivity contribution in [3.8, 4) is 0 Å². The van der Waals surface area contributed by atoms with Gasteiger partial charge in [0.05, 0.1) is 12.1 Å². The van der Waals surface area contributed by atoms with Gasteiger partial charge in [-0.05, 0) is 6.42 Å². The molecule has 1 atom stereocenters. The van der Waals surface area contributed by atoms with Gasteiger partial charge in [0, 0.05) is 71.5 Å². The number of carbonyl (C=O) groups is 2. The first-order valence-corrected chi connectivity index (χ1v) is 8.25. The zero-order valence-corrected chi connectivity index (χ0v) is 13.9. The molecule has 0 aliphatic carbocycles. The lowest BCUT2D eigenvalue weighted by Crippen LogP contribution is -2.39. The van der Waals surface area contributed by atoms with Crippen LogP contribution in [0.2, 0.25) is 0 Å². The minimum absolute atomic E-state index is 0.0800. The van der Waals surface area contributed by atoms with Gasteiger partial charge in [-0.1, -0.05) is 0 Å². The van der Waals surface area contributed by atoms with E-state index in [0.717, 1.165) is 39.1 Å². The van der Waals surface area contributed by atoms with Crippen LogP contribution >= 0.6 is 0 Å². The van der Waals surface area contributed by atoms with E-state index in [1.165, 1.54) is 5.56 Å². The van der Waals surface area contributed by atoms with E-state index >= 15 is 0 Å². The second-order valence-electron chi connectivity index (χ2n) is 6.65. The third kappa shape index (κ3) is 3.72. The van der Waals surface area contributed by atoms with E-state index in [0.29, 0.717) is 13.0 Å². The van der Waals surface area contributed by atoms with Crippen molar-refractivity contribution < 1.29 is 9.59 Å². The number of likely N-dealkylation sites (tertiary alicyclic amines) is 1. The molecule has 1 aromatic rings. The molecule has 3 heterocycles. The Balaban J connectivity index is 1.54. The average Bonchev–Trinajstić information content (AvgIpc) is 2.98. The SMILES string of the molecule is CN1CC(C(=O)N2CCCN(Cc3cnn(C)c3)CC2)CC1=O. The molecule has 2 aliphatic rings. The maximum absolute atomic E-state index is 12.6. The predicted molar refractivity (Wildman–Crippen MR) is 85.4 cm³/mol. The van der Waals surface area contributed by atoms with E-state index in [9.17, 15) is 9.59 Å². The Labute approximate surface area is 136 Å². The molecule has 7 heteroatoms. The highest BCUT2D eigenvalue weighted by atomic mass is 16.2. The fraction of sp³-hybridized carbons (Fsp3) is 0.688. The van der Waals surface area contributed by atoms with Crippen LogP contribution in [0.5, 0.6) is 0 Å². The highest BCUT2D eigenvalue weighted by molar-refractivity contribution is 5.89. The third-order valence-electron chi connectivity index (χ3n) is 4.75. The van der Waals surface area contributed by atoms with Crippen LogP contribution in [0, 0.1) is 5.92 Å². The summed E-state index contributed by atoms with van der Waals surface area (Å²) in [4.78, 5) is 30.2. The molecule has 2 fully saturated rings. The number of nitrogens with zero attached hydrogens (tertiary/aromatic N) is 5. The van der Waals surface area contributed by atoms with Gasteiger partial charge in [0.1, 0.15) is 0 Å². The number of amides is 2. The zero-order valence-electron chi connectivity index (χ0n) is 13.9. The van der Waals surface area contributed by atoms with E-state index in [4.69, 9.17) is 0 Å². The molecule has 0 spiro atoms. The smallest absolute Gasteiger partial charge is 0.228 e. The van der Waals surface area contributed by atoms with Gasteiger partial charge < -0.3 is 9.80 Å². The Bertz CT molecular complexity index is 585. The van der Waals surface area contributed by atoms with E-state index in [-0.39, 0.29) is 17.7 Å². The van der Waals surface area contributed by atoms with Crippen molar-refractivity contribution in [1.29, 1.82) is 0 Å². The van der Waals surface area contributed by atoms with Crippen LogP contribution in [0.15, 0.2) is 12.4 Å². The predicted octanol–water partition coefficient (Wildman–Crippen LogP) is -0.0673. The average molecular weight is 319 g/mol. The maximum atomic E-state index is 12.6. The molecule has 23 heavy (non-hydrogen) atoms. The van der Waals surface area contributed by atoms with Gasteiger partial charge in [0.2, 0.25) is 11.8 Å². The topological polar surface area (TPSA) is 61.7 Å². The van der Waals surface area contributed by atoms with Gasteiger partial charge in [-0.25, -0.2) is 0 Å². The first kappa shape index (κ1) is 16.0. The van der Waals surface area contributed by atoms with E-state index < -0.39 is 0 Å². The number of aromatic nitrogens is 2. The van der Waals surface area contributed by atoms with E-state index in [1.807, 2.05) is 29.0 Å². The molecule has 1 unspecified atom stereocenters. The van der Waals surface area contributed by atoms with Gasteiger partial charge >= 0.3 is 0 Å². The van der Waals surface area contributed by atoms with Gasteiger partial charge in [0.15, 0.2) is 0 Å². The lowest BCUT2D eigenvalue weighted by Gasteiger charge is -2.24. The molecule has 0 saturated carbocycles. The molecule has 126 valence electrons. The molecule has 0 bridgehead atoms. The largest absolute Gasteiger partial charge is 0.345 e. The Morgan fingerprint density at radius 1 is 1.26 bits per heavy atom. The summed E-state index contributed by atoms with van der Waals surface area (Å²) in [5.41, 5.74) is 1.20. The van der Waals surface area contributed by atoms with Crippen molar-refractivity contribution in [3.05, 3.63) is 18.0 Å². The Morgan fingerprint density at radius 2 is 2.09 bits per heavy atom. The van der Waals surface area contributed by atoms with E-state index in [2.05, 4.69) is 10.00 Å². The first-order valence-electron chi connectivity index (χ1n) is 8.25. The second-order valence-corrected chi connectivity index (χ2v) is 6.65. The molecule has 3 rings (SSSR count). The molecule has 0 aromatic carbocycles. The van der Waals surface area contributed by atoms with Crippen LogP contribution in [0.25, 0.3) is 0 Å². The fourth-order valence-electron chi connectivity index (χ4n) is 3.45. The van der Waals surface area contributed by atoms with Gasteiger partial charge in [0.25, 0.3) is 0 Å². The molecule has 2 saturated heterocycles. The highest BCUT2D eigenvalue weighted by Crippen LogP contribution is 2.19. The third-order valence-corrected chi connectivity index (χ3v) is 4.75. The fourth-order valence-corrected chi connectivity index (χ4v) is 3.45. The van der Waals surface area contributed by atoms with Crippen molar-refractivity contribution in [2.24, 2.45) is 13.0 Å². The summed E-state index contributed by atoms with van der Waals surface area (Å²) < 4.78 is 1.82.